The third kappa shape index (κ3) is 3.62. The standard InChI is InChI=1S/C25H23N3O5S/c1-13-18(20-23(33-13)26-12-28(2)25(20)31)22(30)27-24-19(16-6-4-5-7-17(16)34-24)21(29)14-8-10-15(32-3)11-9-14/h8-12H,4-7H2,1-3H3,(H,27,30). The predicted molar refractivity (Wildman–Crippen MR) is 129 cm³/mol. The fourth-order valence-corrected chi connectivity index (χ4v) is 5.69. The van der Waals surface area contributed by atoms with E-state index in [0.717, 1.165) is 36.1 Å². The summed E-state index contributed by atoms with van der Waals surface area (Å²) in [6.07, 6.45) is 5.06. The molecule has 1 aliphatic carbocycles. The van der Waals surface area contributed by atoms with Gasteiger partial charge in [-0.3, -0.25) is 14.4 Å². The van der Waals surface area contributed by atoms with E-state index in [1.165, 1.54) is 22.2 Å². The zero-order valence-corrected chi connectivity index (χ0v) is 19.9. The lowest BCUT2D eigenvalue weighted by Gasteiger charge is -2.13. The number of furan rings is 1. The lowest BCUT2D eigenvalue weighted by Crippen LogP contribution is -2.21. The molecule has 4 aromatic rings. The molecule has 1 N–H and O–H groups in total. The molecule has 1 aromatic carbocycles. The smallest absolute Gasteiger partial charge is 0.265 e. The number of ketones is 1. The van der Waals surface area contributed by atoms with Crippen LogP contribution in [0.4, 0.5) is 5.00 Å². The summed E-state index contributed by atoms with van der Waals surface area (Å²) in [6, 6.07) is 6.94. The number of aromatic nitrogens is 2. The van der Waals surface area contributed by atoms with E-state index >= 15 is 0 Å². The van der Waals surface area contributed by atoms with Crippen molar-refractivity contribution in [1.82, 2.24) is 9.55 Å². The van der Waals surface area contributed by atoms with Crippen molar-refractivity contribution in [3.8, 4) is 5.75 Å². The topological polar surface area (TPSA) is 103 Å². The summed E-state index contributed by atoms with van der Waals surface area (Å²) in [5.74, 6) is 0.315. The van der Waals surface area contributed by atoms with Gasteiger partial charge in [-0.15, -0.1) is 11.3 Å². The van der Waals surface area contributed by atoms with Gasteiger partial charge in [0, 0.05) is 17.5 Å². The van der Waals surface area contributed by atoms with Crippen LogP contribution in [-0.2, 0) is 19.9 Å². The van der Waals surface area contributed by atoms with Crippen LogP contribution in [0.5, 0.6) is 5.75 Å². The minimum Gasteiger partial charge on any atom is -0.497 e. The monoisotopic (exact) mass is 477 g/mol. The highest BCUT2D eigenvalue weighted by Gasteiger charge is 2.29. The van der Waals surface area contributed by atoms with Gasteiger partial charge >= 0.3 is 0 Å². The number of anilines is 1. The van der Waals surface area contributed by atoms with Gasteiger partial charge in [0.25, 0.3) is 11.5 Å². The van der Waals surface area contributed by atoms with Gasteiger partial charge in [-0.25, -0.2) is 4.98 Å². The third-order valence-corrected chi connectivity index (χ3v) is 7.36. The molecule has 1 aliphatic rings. The molecule has 3 aromatic heterocycles. The minimum absolute atomic E-state index is 0.116. The first-order chi connectivity index (χ1) is 16.4. The number of aryl methyl sites for hydroxylation is 3. The number of rotatable bonds is 5. The second-order valence-corrected chi connectivity index (χ2v) is 9.41. The van der Waals surface area contributed by atoms with Crippen LogP contribution >= 0.6 is 11.3 Å². The average molecular weight is 478 g/mol. The molecule has 0 fully saturated rings. The fraction of sp³-hybridized carbons (Fsp3) is 0.280. The Bertz CT molecular complexity index is 1490. The molecular formula is C25H23N3O5S. The maximum absolute atomic E-state index is 13.6. The van der Waals surface area contributed by atoms with E-state index in [2.05, 4.69) is 10.3 Å². The second kappa shape index (κ2) is 8.57. The van der Waals surface area contributed by atoms with Gasteiger partial charge in [0.2, 0.25) is 5.71 Å². The van der Waals surface area contributed by atoms with E-state index in [-0.39, 0.29) is 28.0 Å². The van der Waals surface area contributed by atoms with Crippen LogP contribution in [0.3, 0.4) is 0 Å². The molecular weight excluding hydrogens is 454 g/mol. The third-order valence-electron chi connectivity index (χ3n) is 6.15. The maximum atomic E-state index is 13.6. The summed E-state index contributed by atoms with van der Waals surface area (Å²) in [5, 5.41) is 3.54. The summed E-state index contributed by atoms with van der Waals surface area (Å²) in [4.78, 5) is 44.9. The number of thiophene rings is 1. The van der Waals surface area contributed by atoms with Crippen LogP contribution < -0.4 is 15.6 Å². The van der Waals surface area contributed by atoms with Gasteiger partial charge in [0.1, 0.15) is 28.2 Å². The summed E-state index contributed by atoms with van der Waals surface area (Å²) >= 11 is 1.43. The predicted octanol–water partition coefficient (Wildman–Crippen LogP) is 4.27. The molecule has 9 heteroatoms. The zero-order valence-electron chi connectivity index (χ0n) is 19.1. The molecule has 1 amide bonds. The SMILES string of the molecule is COc1ccc(C(=O)c2c(NC(=O)c3c(C)oc4ncn(C)c(=O)c34)sc3c2CCCC3)cc1. The number of benzene rings is 1. The van der Waals surface area contributed by atoms with Crippen LogP contribution in [0.15, 0.2) is 39.8 Å². The van der Waals surface area contributed by atoms with Gasteiger partial charge in [-0.2, -0.15) is 0 Å². The lowest BCUT2D eigenvalue weighted by molar-refractivity contribution is 0.102. The molecule has 5 rings (SSSR count). The van der Waals surface area contributed by atoms with E-state index < -0.39 is 5.91 Å². The van der Waals surface area contributed by atoms with Crippen LogP contribution in [-0.4, -0.2) is 28.4 Å². The number of methoxy groups -OCH3 is 1. The highest BCUT2D eigenvalue weighted by atomic mass is 32.1. The van der Waals surface area contributed by atoms with Crippen molar-refractivity contribution < 1.29 is 18.7 Å². The molecule has 0 unspecified atom stereocenters. The van der Waals surface area contributed by atoms with Gasteiger partial charge in [0.15, 0.2) is 5.78 Å². The van der Waals surface area contributed by atoms with Crippen molar-refractivity contribution in [2.45, 2.75) is 32.6 Å². The van der Waals surface area contributed by atoms with Gasteiger partial charge in [-0.05, 0) is 62.4 Å². The molecule has 3 heterocycles. The van der Waals surface area contributed by atoms with Gasteiger partial charge in [-0.1, -0.05) is 0 Å². The molecule has 34 heavy (non-hydrogen) atoms. The van der Waals surface area contributed by atoms with Gasteiger partial charge in [0.05, 0.1) is 18.2 Å². The Morgan fingerprint density at radius 3 is 2.62 bits per heavy atom. The van der Waals surface area contributed by atoms with Crippen LogP contribution in [0, 0.1) is 6.92 Å². The molecule has 0 radical (unpaired) electrons. The Hall–Kier alpha value is -3.72. The van der Waals surface area contributed by atoms with E-state index in [4.69, 9.17) is 9.15 Å². The van der Waals surface area contributed by atoms with Crippen LogP contribution in [0.25, 0.3) is 11.1 Å². The zero-order chi connectivity index (χ0) is 24.0. The molecule has 0 saturated heterocycles. The van der Waals surface area contributed by atoms with E-state index in [1.54, 1.807) is 45.3 Å². The van der Waals surface area contributed by atoms with Crippen LogP contribution in [0.2, 0.25) is 0 Å². The van der Waals surface area contributed by atoms with Gasteiger partial charge < -0.3 is 19.0 Å². The molecule has 0 saturated carbocycles. The molecule has 0 bridgehead atoms. The highest BCUT2D eigenvalue weighted by molar-refractivity contribution is 7.17. The summed E-state index contributed by atoms with van der Waals surface area (Å²) < 4.78 is 12.1. The minimum atomic E-state index is -0.497. The second-order valence-electron chi connectivity index (χ2n) is 8.30. The Morgan fingerprint density at radius 2 is 1.88 bits per heavy atom. The number of carbonyl (C=O) groups excluding carboxylic acids is 2. The first kappa shape index (κ1) is 22.1. The number of hydrogen-bond donors (Lipinski definition) is 1. The molecule has 0 spiro atoms. The number of carbonyl (C=O) groups is 2. The Morgan fingerprint density at radius 1 is 1.15 bits per heavy atom. The number of ether oxygens (including phenoxy) is 1. The number of nitrogens with zero attached hydrogens (tertiary/aromatic N) is 2. The molecule has 174 valence electrons. The Kier molecular flexibility index (Phi) is 5.57. The average Bonchev–Trinajstić information content (AvgIpc) is 3.38. The Labute approximate surface area is 199 Å². The van der Waals surface area contributed by atoms with E-state index in [9.17, 15) is 14.4 Å². The fourth-order valence-electron chi connectivity index (χ4n) is 4.41. The lowest BCUT2D eigenvalue weighted by atomic mass is 9.92. The summed E-state index contributed by atoms with van der Waals surface area (Å²) in [5.41, 5.74) is 1.93. The van der Waals surface area contributed by atoms with Crippen molar-refractivity contribution in [2.75, 3.05) is 12.4 Å². The first-order valence-electron chi connectivity index (χ1n) is 11.0. The quantitative estimate of drug-likeness (QED) is 0.431. The van der Waals surface area contributed by atoms with E-state index in [1.807, 2.05) is 0 Å². The number of hydrogen-bond acceptors (Lipinski definition) is 7. The van der Waals surface area contributed by atoms with Crippen molar-refractivity contribution >= 4 is 39.1 Å². The maximum Gasteiger partial charge on any atom is 0.265 e. The molecule has 8 nitrogen and oxygen atoms in total. The number of nitrogens with one attached hydrogen (secondary N) is 1. The van der Waals surface area contributed by atoms with Crippen LogP contribution in [0.1, 0.15) is 55.3 Å². The van der Waals surface area contributed by atoms with Crippen molar-refractivity contribution in [3.05, 3.63) is 73.8 Å². The normalized spacial score (nSPS) is 13.0. The number of amides is 1. The largest absolute Gasteiger partial charge is 0.497 e. The number of fused-ring (bicyclic) bond motifs is 2. The highest BCUT2D eigenvalue weighted by Crippen LogP contribution is 2.40. The summed E-state index contributed by atoms with van der Waals surface area (Å²) in [6.45, 7) is 1.62. The molecule has 0 atom stereocenters. The Balaban J connectivity index is 1.58. The van der Waals surface area contributed by atoms with E-state index in [0.29, 0.717) is 27.6 Å². The van der Waals surface area contributed by atoms with Crippen molar-refractivity contribution in [3.63, 3.8) is 0 Å². The van der Waals surface area contributed by atoms with Crippen molar-refractivity contribution in [1.29, 1.82) is 0 Å². The first-order valence-corrected chi connectivity index (χ1v) is 11.8. The summed E-state index contributed by atoms with van der Waals surface area (Å²) in [7, 11) is 3.14. The van der Waals surface area contributed by atoms with Crippen molar-refractivity contribution in [2.24, 2.45) is 7.05 Å². The molecule has 0 aliphatic heterocycles.